The highest BCUT2D eigenvalue weighted by molar-refractivity contribution is 5.49. The fraction of sp³-hybridized carbons (Fsp3) is 0.688. The molecule has 0 aromatic carbocycles. The van der Waals surface area contributed by atoms with Crippen LogP contribution in [0.25, 0.3) is 0 Å². The minimum Gasteiger partial charge on any atom is -0.365 e. The molecule has 1 aromatic rings. The zero-order valence-corrected chi connectivity index (χ0v) is 12.3. The van der Waals surface area contributed by atoms with Crippen molar-refractivity contribution in [3.8, 4) is 0 Å². The number of hydrogen-bond donors (Lipinski definition) is 1. The molecule has 1 aliphatic carbocycles. The third kappa shape index (κ3) is 2.85. The van der Waals surface area contributed by atoms with Gasteiger partial charge in [0, 0.05) is 18.6 Å². The van der Waals surface area contributed by atoms with Gasteiger partial charge in [0.25, 0.3) is 0 Å². The molecular weight excluding hydrogens is 234 g/mol. The highest BCUT2D eigenvalue weighted by Crippen LogP contribution is 2.39. The molecular formula is C16H25N3. The number of anilines is 2. The third-order valence-corrected chi connectivity index (χ3v) is 4.29. The number of fused-ring (bicyclic) bond motifs is 1. The third-order valence-electron chi connectivity index (χ3n) is 4.29. The molecule has 1 saturated carbocycles. The molecule has 3 heteroatoms. The van der Waals surface area contributed by atoms with Crippen molar-refractivity contribution in [1.29, 1.82) is 0 Å². The number of hydrogen-bond acceptors (Lipinski definition) is 3. The Bertz CT molecular complexity index is 438. The lowest BCUT2D eigenvalue weighted by molar-refractivity contribution is 0.494. The molecule has 2 aliphatic rings. The summed E-state index contributed by atoms with van der Waals surface area (Å²) in [6, 6.07) is 6.32. The Kier molecular flexibility index (Phi) is 3.15. The first-order valence-corrected chi connectivity index (χ1v) is 7.51. The van der Waals surface area contributed by atoms with Crippen molar-refractivity contribution in [3.05, 3.63) is 18.2 Å². The molecule has 19 heavy (non-hydrogen) atoms. The quantitative estimate of drug-likeness (QED) is 0.880. The maximum Gasteiger partial charge on any atom is 0.130 e. The molecule has 2 atom stereocenters. The molecule has 2 unspecified atom stereocenters. The summed E-state index contributed by atoms with van der Waals surface area (Å²) in [5.41, 5.74) is 0.0626. The van der Waals surface area contributed by atoms with Crippen LogP contribution >= 0.6 is 0 Å². The summed E-state index contributed by atoms with van der Waals surface area (Å²) in [5, 5.41) is 3.46. The summed E-state index contributed by atoms with van der Waals surface area (Å²) in [5.74, 6) is 3.97. The highest BCUT2D eigenvalue weighted by atomic mass is 15.2. The molecule has 0 spiro atoms. The van der Waals surface area contributed by atoms with Gasteiger partial charge in [0.1, 0.15) is 11.6 Å². The summed E-state index contributed by atoms with van der Waals surface area (Å²) >= 11 is 0. The first-order chi connectivity index (χ1) is 9.01. The average molecular weight is 259 g/mol. The van der Waals surface area contributed by atoms with Crippen LogP contribution in [0.4, 0.5) is 11.6 Å². The maximum atomic E-state index is 4.78. The minimum absolute atomic E-state index is 0.0626. The molecule has 3 nitrogen and oxygen atoms in total. The van der Waals surface area contributed by atoms with Crippen molar-refractivity contribution < 1.29 is 0 Å². The first kappa shape index (κ1) is 12.8. The minimum atomic E-state index is 0.0626. The van der Waals surface area contributed by atoms with Crippen molar-refractivity contribution in [1.82, 2.24) is 4.98 Å². The zero-order chi connectivity index (χ0) is 13.5. The normalized spacial score (nSPS) is 26.6. The van der Waals surface area contributed by atoms with Gasteiger partial charge in [-0.15, -0.1) is 0 Å². The number of nitrogens with one attached hydrogen (secondary N) is 1. The topological polar surface area (TPSA) is 28.2 Å². The second-order valence-corrected chi connectivity index (χ2v) is 7.11. The highest BCUT2D eigenvalue weighted by Gasteiger charge is 2.36. The second-order valence-electron chi connectivity index (χ2n) is 7.11. The van der Waals surface area contributed by atoms with Crippen molar-refractivity contribution in [2.45, 2.75) is 45.6 Å². The van der Waals surface area contributed by atoms with E-state index < -0.39 is 0 Å². The van der Waals surface area contributed by atoms with E-state index in [4.69, 9.17) is 4.98 Å². The van der Waals surface area contributed by atoms with Crippen LogP contribution in [0.3, 0.4) is 0 Å². The Morgan fingerprint density at radius 3 is 2.47 bits per heavy atom. The van der Waals surface area contributed by atoms with Crippen LogP contribution in [0.15, 0.2) is 18.2 Å². The number of pyridine rings is 1. The Labute approximate surface area is 116 Å². The van der Waals surface area contributed by atoms with Gasteiger partial charge in [-0.2, -0.15) is 0 Å². The smallest absolute Gasteiger partial charge is 0.130 e. The van der Waals surface area contributed by atoms with Gasteiger partial charge in [-0.1, -0.05) is 12.5 Å². The molecule has 1 saturated heterocycles. The van der Waals surface area contributed by atoms with Crippen molar-refractivity contribution >= 4 is 11.6 Å². The average Bonchev–Trinajstić information content (AvgIpc) is 2.86. The number of aromatic nitrogens is 1. The Hall–Kier alpha value is -1.25. The van der Waals surface area contributed by atoms with Gasteiger partial charge in [-0.3, -0.25) is 0 Å². The second kappa shape index (κ2) is 4.69. The van der Waals surface area contributed by atoms with Crippen LogP contribution < -0.4 is 10.2 Å². The fourth-order valence-corrected chi connectivity index (χ4v) is 3.48. The molecule has 104 valence electrons. The van der Waals surface area contributed by atoms with E-state index in [1.165, 1.54) is 32.4 Å². The largest absolute Gasteiger partial charge is 0.365 e. The predicted octanol–water partition coefficient (Wildman–Crippen LogP) is 3.53. The van der Waals surface area contributed by atoms with E-state index in [2.05, 4.69) is 49.2 Å². The van der Waals surface area contributed by atoms with Gasteiger partial charge in [-0.25, -0.2) is 4.98 Å². The van der Waals surface area contributed by atoms with E-state index in [9.17, 15) is 0 Å². The van der Waals surface area contributed by atoms with Gasteiger partial charge >= 0.3 is 0 Å². The maximum absolute atomic E-state index is 4.78. The zero-order valence-electron chi connectivity index (χ0n) is 12.3. The van der Waals surface area contributed by atoms with Crippen molar-refractivity contribution in [2.24, 2.45) is 11.8 Å². The predicted molar refractivity (Wildman–Crippen MR) is 80.7 cm³/mol. The van der Waals surface area contributed by atoms with E-state index in [0.29, 0.717) is 0 Å². The molecule has 1 aromatic heterocycles. The summed E-state index contributed by atoms with van der Waals surface area (Å²) in [6.07, 6.45) is 4.27. The van der Waals surface area contributed by atoms with E-state index in [0.717, 1.165) is 23.5 Å². The summed E-state index contributed by atoms with van der Waals surface area (Å²) in [7, 11) is 0. The molecule has 0 radical (unpaired) electrons. The Morgan fingerprint density at radius 1 is 1.16 bits per heavy atom. The van der Waals surface area contributed by atoms with Gasteiger partial charge in [0.05, 0.1) is 0 Å². The van der Waals surface area contributed by atoms with Crippen LogP contribution in [0.2, 0.25) is 0 Å². The van der Waals surface area contributed by atoms with Crippen LogP contribution in [-0.2, 0) is 0 Å². The van der Waals surface area contributed by atoms with E-state index in [1.54, 1.807) is 0 Å². The SMILES string of the molecule is CC(C)(C)Nc1cccc(N2CC3CCCC3C2)n1. The molecule has 3 rings (SSSR count). The molecule has 0 amide bonds. The van der Waals surface area contributed by atoms with Crippen LogP contribution in [0.5, 0.6) is 0 Å². The van der Waals surface area contributed by atoms with Crippen LogP contribution in [-0.4, -0.2) is 23.6 Å². The van der Waals surface area contributed by atoms with E-state index >= 15 is 0 Å². The lowest BCUT2D eigenvalue weighted by Crippen LogP contribution is -2.27. The van der Waals surface area contributed by atoms with E-state index in [1.807, 2.05) is 0 Å². The molecule has 2 fully saturated rings. The summed E-state index contributed by atoms with van der Waals surface area (Å²) < 4.78 is 0. The Morgan fingerprint density at radius 2 is 1.84 bits per heavy atom. The number of nitrogens with zero attached hydrogens (tertiary/aromatic N) is 2. The monoisotopic (exact) mass is 259 g/mol. The van der Waals surface area contributed by atoms with Gasteiger partial charge in [-0.05, 0) is 57.6 Å². The number of rotatable bonds is 2. The lowest BCUT2D eigenvalue weighted by atomic mass is 10.0. The van der Waals surface area contributed by atoms with Crippen molar-refractivity contribution in [3.63, 3.8) is 0 Å². The van der Waals surface area contributed by atoms with Gasteiger partial charge in [0.2, 0.25) is 0 Å². The summed E-state index contributed by atoms with van der Waals surface area (Å²) in [4.78, 5) is 7.26. The van der Waals surface area contributed by atoms with Gasteiger partial charge in [0.15, 0.2) is 0 Å². The molecule has 1 N–H and O–H groups in total. The molecule has 2 heterocycles. The molecule has 1 aliphatic heterocycles. The van der Waals surface area contributed by atoms with Gasteiger partial charge < -0.3 is 10.2 Å². The molecule has 0 bridgehead atoms. The lowest BCUT2D eigenvalue weighted by Gasteiger charge is -2.23. The first-order valence-electron chi connectivity index (χ1n) is 7.51. The fourth-order valence-electron chi connectivity index (χ4n) is 3.48. The standard InChI is InChI=1S/C16H25N3/c1-16(2,3)18-14-8-5-9-15(17-14)19-10-12-6-4-7-13(12)11-19/h5,8-9,12-13H,4,6-7,10-11H2,1-3H3,(H,17,18). The van der Waals surface area contributed by atoms with Crippen LogP contribution in [0, 0.1) is 11.8 Å². The summed E-state index contributed by atoms with van der Waals surface area (Å²) in [6.45, 7) is 8.91. The Balaban J connectivity index is 1.73. The van der Waals surface area contributed by atoms with E-state index in [-0.39, 0.29) is 5.54 Å². The van der Waals surface area contributed by atoms with Crippen molar-refractivity contribution in [2.75, 3.05) is 23.3 Å². The van der Waals surface area contributed by atoms with Crippen LogP contribution in [0.1, 0.15) is 40.0 Å².